The predicted molar refractivity (Wildman–Crippen MR) is 120 cm³/mol. The van der Waals surface area contributed by atoms with E-state index in [9.17, 15) is 41.0 Å². The third kappa shape index (κ3) is 7.77. The van der Waals surface area contributed by atoms with Gasteiger partial charge in [0.2, 0.25) is 11.9 Å². The fourth-order valence-electron chi connectivity index (χ4n) is 3.69. The van der Waals surface area contributed by atoms with Crippen molar-refractivity contribution in [3.05, 3.63) is 40.1 Å². The van der Waals surface area contributed by atoms with Crippen molar-refractivity contribution in [2.45, 2.75) is 31.2 Å². The number of rotatable bonds is 10. The summed E-state index contributed by atoms with van der Waals surface area (Å²) in [6, 6.07) is -0.799. The number of amides is 1. The molecule has 1 fully saturated rings. The molecule has 0 unspecified atom stereocenters. The Bertz CT molecular complexity index is 1120. The van der Waals surface area contributed by atoms with Crippen LogP contribution in [0.15, 0.2) is 23.4 Å². The van der Waals surface area contributed by atoms with Gasteiger partial charge in [0.15, 0.2) is 0 Å². The van der Waals surface area contributed by atoms with Crippen molar-refractivity contribution in [2.75, 3.05) is 56.2 Å². The average Bonchev–Trinajstić information content (AvgIpc) is 2.85. The number of carbonyl (C=O) groups excluding carboxylic acids is 1. The standard InChI is InChI=1S/C21H25F6N7O4/c22-20(23,24)13-9-28-19(29-10-13)34-5-3-33(4-6-34)16(36)2-8-38-12-14(1-7-35)31-15-11-30-32-18(37)17(15)21(25,26)27/h9-11,14,35H,1-8,12H2,(H2,31,32,37)/t14-/m0/s1. The number of aliphatic hydroxyl groups is 1. The number of aromatic nitrogens is 4. The first-order valence-corrected chi connectivity index (χ1v) is 11.4. The third-order valence-corrected chi connectivity index (χ3v) is 5.64. The molecule has 3 N–H and O–H groups in total. The van der Waals surface area contributed by atoms with Gasteiger partial charge in [-0.05, 0) is 6.42 Å². The van der Waals surface area contributed by atoms with Gasteiger partial charge < -0.3 is 25.0 Å². The largest absolute Gasteiger partial charge is 0.423 e. The Morgan fingerprint density at radius 1 is 1.08 bits per heavy atom. The maximum absolute atomic E-state index is 13.2. The zero-order valence-corrected chi connectivity index (χ0v) is 19.8. The van der Waals surface area contributed by atoms with Crippen LogP contribution in [0.25, 0.3) is 0 Å². The van der Waals surface area contributed by atoms with Gasteiger partial charge in [-0.15, -0.1) is 0 Å². The lowest BCUT2D eigenvalue weighted by Crippen LogP contribution is -2.49. The molecule has 11 nitrogen and oxygen atoms in total. The van der Waals surface area contributed by atoms with Crippen molar-refractivity contribution in [1.29, 1.82) is 0 Å². The Kier molecular flexibility index (Phi) is 9.48. The number of hydrogen-bond donors (Lipinski definition) is 3. The van der Waals surface area contributed by atoms with Crippen molar-refractivity contribution in [3.8, 4) is 0 Å². The highest BCUT2D eigenvalue weighted by Gasteiger charge is 2.38. The number of alkyl halides is 6. The SMILES string of the molecule is O=C(CCOC[C@H](CCO)Nc1cn[nH]c(=O)c1C(F)(F)F)N1CCN(c2ncc(C(F)(F)F)cn2)CC1. The van der Waals surface area contributed by atoms with Gasteiger partial charge in [-0.3, -0.25) is 9.59 Å². The molecule has 1 atom stereocenters. The van der Waals surface area contributed by atoms with Crippen LogP contribution in [0, 0.1) is 0 Å². The van der Waals surface area contributed by atoms with Crippen molar-refractivity contribution >= 4 is 17.5 Å². The van der Waals surface area contributed by atoms with Crippen molar-refractivity contribution in [1.82, 2.24) is 25.1 Å². The number of nitrogens with one attached hydrogen (secondary N) is 2. The smallest absolute Gasteiger partial charge is 0.396 e. The van der Waals surface area contributed by atoms with E-state index in [2.05, 4.69) is 20.4 Å². The highest BCUT2D eigenvalue weighted by atomic mass is 19.4. The number of piperazine rings is 1. The van der Waals surface area contributed by atoms with Crippen LogP contribution in [0.2, 0.25) is 0 Å². The van der Waals surface area contributed by atoms with Gasteiger partial charge in [-0.25, -0.2) is 15.1 Å². The molecule has 38 heavy (non-hydrogen) atoms. The summed E-state index contributed by atoms with van der Waals surface area (Å²) in [5.74, 6) is -0.122. The van der Waals surface area contributed by atoms with Crippen LogP contribution in [0.3, 0.4) is 0 Å². The predicted octanol–water partition coefficient (Wildman–Crippen LogP) is 1.52. The molecule has 3 rings (SSSR count). The van der Waals surface area contributed by atoms with Crippen molar-refractivity contribution in [2.24, 2.45) is 0 Å². The number of hydrogen-bond acceptors (Lipinski definition) is 9. The molecule has 0 bridgehead atoms. The molecule has 1 aliphatic heterocycles. The van der Waals surface area contributed by atoms with Gasteiger partial charge in [-0.2, -0.15) is 31.4 Å². The summed E-state index contributed by atoms with van der Waals surface area (Å²) in [5.41, 5.74) is -4.39. The van der Waals surface area contributed by atoms with Crippen LogP contribution in [-0.2, 0) is 21.9 Å². The maximum Gasteiger partial charge on any atom is 0.423 e. The molecule has 1 aliphatic rings. The number of halogens is 6. The highest BCUT2D eigenvalue weighted by Crippen LogP contribution is 2.32. The van der Waals surface area contributed by atoms with Gasteiger partial charge in [0, 0.05) is 45.2 Å². The first-order valence-electron chi connectivity index (χ1n) is 11.4. The first-order chi connectivity index (χ1) is 17.9. The summed E-state index contributed by atoms with van der Waals surface area (Å²) in [6.07, 6.45) is -7.27. The minimum absolute atomic E-state index is 0.00598. The maximum atomic E-state index is 13.2. The van der Waals surface area contributed by atoms with E-state index in [0.29, 0.717) is 25.5 Å². The molecular weight excluding hydrogens is 528 g/mol. The van der Waals surface area contributed by atoms with E-state index in [1.165, 1.54) is 0 Å². The van der Waals surface area contributed by atoms with Gasteiger partial charge >= 0.3 is 12.4 Å². The minimum atomic E-state index is -4.93. The lowest BCUT2D eigenvalue weighted by molar-refractivity contribution is -0.139. The summed E-state index contributed by atoms with van der Waals surface area (Å²) in [7, 11) is 0. The molecule has 0 spiro atoms. The lowest BCUT2D eigenvalue weighted by Gasteiger charge is -2.34. The number of nitrogens with zero attached hydrogens (tertiary/aromatic N) is 5. The molecule has 2 aromatic rings. The van der Waals surface area contributed by atoms with Crippen molar-refractivity contribution < 1.29 is 41.0 Å². The second-order valence-electron chi connectivity index (χ2n) is 8.30. The Morgan fingerprint density at radius 3 is 2.32 bits per heavy atom. The van der Waals surface area contributed by atoms with E-state index in [4.69, 9.17) is 4.74 Å². The van der Waals surface area contributed by atoms with Crippen LogP contribution in [0.5, 0.6) is 0 Å². The number of H-pyrrole nitrogens is 1. The first kappa shape index (κ1) is 29.1. The zero-order valence-electron chi connectivity index (χ0n) is 19.8. The number of anilines is 2. The summed E-state index contributed by atoms with van der Waals surface area (Å²) in [5, 5.41) is 16.9. The van der Waals surface area contributed by atoms with Crippen LogP contribution in [0.1, 0.15) is 24.0 Å². The monoisotopic (exact) mass is 553 g/mol. The van der Waals surface area contributed by atoms with E-state index >= 15 is 0 Å². The van der Waals surface area contributed by atoms with E-state index in [-0.39, 0.29) is 57.6 Å². The third-order valence-electron chi connectivity index (χ3n) is 5.64. The Balaban J connectivity index is 1.45. The molecule has 1 amide bonds. The molecule has 3 heterocycles. The summed E-state index contributed by atoms with van der Waals surface area (Å²) in [4.78, 5) is 34.8. The quantitative estimate of drug-likeness (QED) is 0.296. The fraction of sp³-hybridized carbons (Fsp3) is 0.571. The minimum Gasteiger partial charge on any atom is -0.396 e. The molecule has 0 aromatic carbocycles. The second-order valence-corrected chi connectivity index (χ2v) is 8.30. The van der Waals surface area contributed by atoms with E-state index in [0.717, 1.165) is 6.20 Å². The number of ether oxygens (including phenoxy) is 1. The lowest BCUT2D eigenvalue weighted by atomic mass is 10.2. The molecule has 0 aliphatic carbocycles. The van der Waals surface area contributed by atoms with Gasteiger partial charge in [0.25, 0.3) is 5.56 Å². The number of aromatic amines is 1. The normalized spacial score (nSPS) is 15.4. The van der Waals surface area contributed by atoms with Crippen LogP contribution < -0.4 is 15.8 Å². The number of carbonyl (C=O) groups is 1. The molecule has 0 saturated carbocycles. The molecule has 1 saturated heterocycles. The van der Waals surface area contributed by atoms with E-state index < -0.39 is 40.8 Å². The molecule has 2 aromatic heterocycles. The van der Waals surface area contributed by atoms with Crippen LogP contribution in [0.4, 0.5) is 38.0 Å². The topological polar surface area (TPSA) is 137 Å². The summed E-state index contributed by atoms with van der Waals surface area (Å²) in [6.45, 7) is 0.617. The summed E-state index contributed by atoms with van der Waals surface area (Å²) >= 11 is 0. The van der Waals surface area contributed by atoms with Gasteiger partial charge in [0.1, 0.15) is 5.56 Å². The fourth-order valence-corrected chi connectivity index (χ4v) is 3.69. The van der Waals surface area contributed by atoms with E-state index in [1.54, 1.807) is 14.9 Å². The highest BCUT2D eigenvalue weighted by molar-refractivity contribution is 5.76. The molecular formula is C21H25F6N7O4. The summed E-state index contributed by atoms with van der Waals surface area (Å²) < 4.78 is 83.1. The molecule has 210 valence electrons. The van der Waals surface area contributed by atoms with E-state index in [1.807, 2.05) is 0 Å². The Labute approximate surface area is 211 Å². The van der Waals surface area contributed by atoms with Crippen LogP contribution >= 0.6 is 0 Å². The average molecular weight is 553 g/mol. The molecule has 0 radical (unpaired) electrons. The Morgan fingerprint density at radius 2 is 1.74 bits per heavy atom. The second kappa shape index (κ2) is 12.4. The zero-order chi connectivity index (χ0) is 27.9. The Hall–Kier alpha value is -3.47. The van der Waals surface area contributed by atoms with Crippen LogP contribution in [-0.4, -0.2) is 88.1 Å². The van der Waals surface area contributed by atoms with Crippen molar-refractivity contribution in [3.63, 3.8) is 0 Å². The molecule has 17 heteroatoms. The van der Waals surface area contributed by atoms with Gasteiger partial charge in [0.05, 0.1) is 43.1 Å². The number of aliphatic hydroxyl groups excluding tert-OH is 1. The van der Waals surface area contributed by atoms with Gasteiger partial charge in [-0.1, -0.05) is 0 Å².